The van der Waals surface area contributed by atoms with Gasteiger partial charge < -0.3 is 24.1 Å². The van der Waals surface area contributed by atoms with Gasteiger partial charge in [-0.2, -0.15) is 0 Å². The summed E-state index contributed by atoms with van der Waals surface area (Å²) >= 11 is 0. The molecule has 2 rings (SSSR count). The summed E-state index contributed by atoms with van der Waals surface area (Å²) in [4.78, 5) is 16.5. The number of aryl methyl sites for hydroxylation is 1. The van der Waals surface area contributed by atoms with Crippen molar-refractivity contribution in [1.82, 2.24) is 14.9 Å². The lowest BCUT2D eigenvalue weighted by Gasteiger charge is -2.20. The highest BCUT2D eigenvalue weighted by molar-refractivity contribution is 5.78. The van der Waals surface area contributed by atoms with Crippen molar-refractivity contribution in [3.05, 3.63) is 42.0 Å². The zero-order chi connectivity index (χ0) is 17.5. The second kappa shape index (κ2) is 8.35. The van der Waals surface area contributed by atoms with Crippen molar-refractivity contribution in [2.75, 3.05) is 27.4 Å². The Bertz CT molecular complexity index is 662. The number of benzene rings is 1. The smallest absolute Gasteiger partial charge is 0.246 e. The molecule has 24 heavy (non-hydrogen) atoms. The molecule has 0 saturated heterocycles. The molecular formula is C17H23N3O4. The van der Waals surface area contributed by atoms with Gasteiger partial charge in [0.2, 0.25) is 5.91 Å². The average molecular weight is 333 g/mol. The Labute approximate surface area is 141 Å². The topological polar surface area (TPSA) is 74.6 Å². The van der Waals surface area contributed by atoms with Crippen molar-refractivity contribution >= 4 is 5.91 Å². The number of hydrogen-bond acceptors (Lipinski definition) is 5. The normalized spacial score (nSPS) is 11.8. The Morgan fingerprint density at radius 2 is 1.92 bits per heavy atom. The number of nitrogens with zero attached hydrogens (tertiary/aromatic N) is 2. The number of aromatic nitrogens is 2. The van der Waals surface area contributed by atoms with Gasteiger partial charge in [-0.15, -0.1) is 0 Å². The van der Waals surface area contributed by atoms with Crippen LogP contribution >= 0.6 is 0 Å². The second-order valence-electron chi connectivity index (χ2n) is 5.18. The lowest BCUT2D eigenvalue weighted by atomic mass is 10.0. The molecule has 2 aromatic rings. The SMILES string of the molecule is CCOCC(=O)NC(c1cc(OC)cc(OC)c1)c1nccn1C. The zero-order valence-electron chi connectivity index (χ0n) is 14.4. The fraction of sp³-hybridized carbons (Fsp3) is 0.412. The summed E-state index contributed by atoms with van der Waals surface area (Å²) in [5.74, 6) is 1.77. The van der Waals surface area contributed by atoms with Crippen LogP contribution in [0.4, 0.5) is 0 Å². The van der Waals surface area contributed by atoms with Gasteiger partial charge in [0.15, 0.2) is 0 Å². The van der Waals surface area contributed by atoms with Gasteiger partial charge in [-0.3, -0.25) is 4.79 Å². The van der Waals surface area contributed by atoms with E-state index in [0.717, 1.165) is 5.56 Å². The fourth-order valence-electron chi connectivity index (χ4n) is 2.35. The van der Waals surface area contributed by atoms with Crippen LogP contribution < -0.4 is 14.8 Å². The van der Waals surface area contributed by atoms with E-state index in [0.29, 0.717) is 23.9 Å². The molecule has 7 heteroatoms. The molecule has 1 aromatic carbocycles. The van der Waals surface area contributed by atoms with E-state index in [-0.39, 0.29) is 12.5 Å². The predicted molar refractivity (Wildman–Crippen MR) is 89.2 cm³/mol. The number of rotatable bonds is 8. The van der Waals surface area contributed by atoms with E-state index < -0.39 is 6.04 Å². The summed E-state index contributed by atoms with van der Waals surface area (Å²) in [6.07, 6.45) is 3.52. The van der Waals surface area contributed by atoms with Crippen molar-refractivity contribution in [1.29, 1.82) is 0 Å². The minimum atomic E-state index is -0.443. The molecule has 0 spiro atoms. The van der Waals surface area contributed by atoms with Crippen LogP contribution in [0.25, 0.3) is 0 Å². The first-order chi connectivity index (χ1) is 11.6. The summed E-state index contributed by atoms with van der Waals surface area (Å²) in [6.45, 7) is 2.32. The number of hydrogen-bond donors (Lipinski definition) is 1. The molecule has 1 N–H and O–H groups in total. The highest BCUT2D eigenvalue weighted by atomic mass is 16.5. The number of nitrogens with one attached hydrogen (secondary N) is 1. The first-order valence-corrected chi connectivity index (χ1v) is 7.66. The molecular weight excluding hydrogens is 310 g/mol. The van der Waals surface area contributed by atoms with Crippen LogP contribution in [0.3, 0.4) is 0 Å². The van der Waals surface area contributed by atoms with Crippen LogP contribution in [0.2, 0.25) is 0 Å². The number of ether oxygens (including phenoxy) is 3. The van der Waals surface area contributed by atoms with Crippen LogP contribution in [0.15, 0.2) is 30.6 Å². The third kappa shape index (κ3) is 4.26. The highest BCUT2D eigenvalue weighted by Crippen LogP contribution is 2.29. The van der Waals surface area contributed by atoms with Gasteiger partial charge in [0.05, 0.1) is 14.2 Å². The molecule has 0 bridgehead atoms. The maximum Gasteiger partial charge on any atom is 0.246 e. The Hall–Kier alpha value is -2.54. The Balaban J connectivity index is 2.39. The summed E-state index contributed by atoms with van der Waals surface area (Å²) < 4.78 is 17.7. The van der Waals surface area contributed by atoms with E-state index in [2.05, 4.69) is 10.3 Å². The lowest BCUT2D eigenvalue weighted by molar-refractivity contribution is -0.126. The van der Waals surface area contributed by atoms with Gasteiger partial charge in [0, 0.05) is 32.1 Å². The molecule has 1 atom stereocenters. The molecule has 7 nitrogen and oxygen atoms in total. The number of carbonyl (C=O) groups is 1. The average Bonchev–Trinajstić information content (AvgIpc) is 3.02. The molecule has 130 valence electrons. The van der Waals surface area contributed by atoms with Crippen LogP contribution in [0, 0.1) is 0 Å². The molecule has 0 aliphatic rings. The minimum Gasteiger partial charge on any atom is -0.497 e. The van der Waals surface area contributed by atoms with Crippen LogP contribution in [0.1, 0.15) is 24.4 Å². The van der Waals surface area contributed by atoms with Crippen molar-refractivity contribution < 1.29 is 19.0 Å². The van der Waals surface area contributed by atoms with E-state index in [1.54, 1.807) is 26.5 Å². The number of carbonyl (C=O) groups excluding carboxylic acids is 1. The van der Waals surface area contributed by atoms with E-state index >= 15 is 0 Å². The van der Waals surface area contributed by atoms with Gasteiger partial charge >= 0.3 is 0 Å². The molecule has 0 fully saturated rings. The third-order valence-corrected chi connectivity index (χ3v) is 3.57. The Kier molecular flexibility index (Phi) is 6.20. The van der Waals surface area contributed by atoms with E-state index in [1.165, 1.54) is 0 Å². The summed E-state index contributed by atoms with van der Waals surface area (Å²) in [6, 6.07) is 5.04. The molecule has 1 unspecified atom stereocenters. The minimum absolute atomic E-state index is 0.00146. The zero-order valence-corrected chi connectivity index (χ0v) is 14.4. The van der Waals surface area contributed by atoms with Gasteiger partial charge in [-0.05, 0) is 24.6 Å². The highest BCUT2D eigenvalue weighted by Gasteiger charge is 2.22. The van der Waals surface area contributed by atoms with Gasteiger partial charge in [0.1, 0.15) is 30.0 Å². The van der Waals surface area contributed by atoms with Crippen molar-refractivity contribution in [2.45, 2.75) is 13.0 Å². The summed E-state index contributed by atoms with van der Waals surface area (Å²) in [5, 5.41) is 2.96. The summed E-state index contributed by atoms with van der Waals surface area (Å²) in [7, 11) is 5.05. The number of imidazole rings is 1. The summed E-state index contributed by atoms with van der Waals surface area (Å²) in [5.41, 5.74) is 0.811. The first kappa shape index (κ1) is 17.8. The Morgan fingerprint density at radius 1 is 1.25 bits per heavy atom. The van der Waals surface area contributed by atoms with Crippen LogP contribution in [-0.4, -0.2) is 42.9 Å². The lowest BCUT2D eigenvalue weighted by Crippen LogP contribution is -2.33. The van der Waals surface area contributed by atoms with Gasteiger partial charge in [0.25, 0.3) is 0 Å². The van der Waals surface area contributed by atoms with Gasteiger partial charge in [-0.25, -0.2) is 4.98 Å². The van der Waals surface area contributed by atoms with E-state index in [9.17, 15) is 4.79 Å². The molecule has 1 aromatic heterocycles. The number of methoxy groups -OCH3 is 2. The monoisotopic (exact) mass is 333 g/mol. The molecule has 0 aliphatic carbocycles. The maximum absolute atomic E-state index is 12.2. The van der Waals surface area contributed by atoms with Crippen molar-refractivity contribution in [3.8, 4) is 11.5 Å². The largest absolute Gasteiger partial charge is 0.497 e. The van der Waals surface area contributed by atoms with Crippen LogP contribution in [0.5, 0.6) is 11.5 Å². The predicted octanol–water partition coefficient (Wildman–Crippen LogP) is 1.68. The van der Waals surface area contributed by atoms with Gasteiger partial charge in [-0.1, -0.05) is 0 Å². The van der Waals surface area contributed by atoms with Crippen molar-refractivity contribution in [3.63, 3.8) is 0 Å². The Morgan fingerprint density at radius 3 is 2.42 bits per heavy atom. The maximum atomic E-state index is 12.2. The molecule has 0 aliphatic heterocycles. The fourth-order valence-corrected chi connectivity index (χ4v) is 2.35. The first-order valence-electron chi connectivity index (χ1n) is 7.66. The standard InChI is InChI=1S/C17H23N3O4/c1-5-24-11-15(21)19-16(17-18-6-7-20(17)2)12-8-13(22-3)10-14(9-12)23-4/h6-10,16H,5,11H2,1-4H3,(H,19,21). The van der Waals surface area contributed by atoms with Crippen LogP contribution in [-0.2, 0) is 16.6 Å². The molecule has 1 heterocycles. The van der Waals surface area contributed by atoms with E-state index in [4.69, 9.17) is 14.2 Å². The third-order valence-electron chi connectivity index (χ3n) is 3.57. The number of amides is 1. The second-order valence-corrected chi connectivity index (χ2v) is 5.18. The molecule has 0 radical (unpaired) electrons. The quantitative estimate of drug-likeness (QED) is 0.795. The molecule has 1 amide bonds. The van der Waals surface area contributed by atoms with Crippen molar-refractivity contribution in [2.24, 2.45) is 7.05 Å². The molecule has 0 saturated carbocycles. The van der Waals surface area contributed by atoms with E-state index in [1.807, 2.05) is 36.9 Å².